The minimum atomic E-state index is 0.195. The number of rotatable bonds is 3. The van der Waals surface area contributed by atoms with Gasteiger partial charge in [0.25, 0.3) is 0 Å². The van der Waals surface area contributed by atoms with Gasteiger partial charge in [-0.05, 0) is 34.4 Å². The number of nitrogens with one attached hydrogen (secondary N) is 1. The Morgan fingerprint density at radius 2 is 1.28 bits per heavy atom. The van der Waals surface area contributed by atoms with Gasteiger partial charge in [0, 0.05) is 5.39 Å². The zero-order chi connectivity index (χ0) is 17.2. The topological polar surface area (TPSA) is 89.8 Å². The summed E-state index contributed by atoms with van der Waals surface area (Å²) in [4.78, 5) is 8.38. The van der Waals surface area contributed by atoms with E-state index in [1.807, 2.05) is 36.4 Å². The Hall–Kier alpha value is -3.44. The number of hydrogen-bond donors (Lipinski definition) is 3. The van der Waals surface area contributed by atoms with Gasteiger partial charge in [0.2, 0.25) is 5.95 Å². The molecule has 3 aromatic carbocycles. The lowest BCUT2D eigenvalue weighted by Gasteiger charge is -2.09. The SMILES string of the molecule is NNc1nc(N)nc2ccc(-c3ccc(-c4ccccc4)cc3)cc12. The molecule has 0 unspecified atom stereocenters. The molecule has 0 aliphatic heterocycles. The number of nitrogens with zero attached hydrogens (tertiary/aromatic N) is 2. The van der Waals surface area contributed by atoms with E-state index in [4.69, 9.17) is 11.6 Å². The van der Waals surface area contributed by atoms with Gasteiger partial charge in [0.1, 0.15) is 0 Å². The molecule has 25 heavy (non-hydrogen) atoms. The molecule has 5 N–H and O–H groups in total. The zero-order valence-electron chi connectivity index (χ0n) is 13.5. The molecule has 0 fully saturated rings. The standard InChI is InChI=1S/C20H17N5/c21-20-23-18-11-10-16(12-17(18)19(24-20)25-22)15-8-6-14(7-9-15)13-4-2-1-3-5-13/h1-12H,22H2,(H3,21,23,24,25). The Morgan fingerprint density at radius 3 is 1.96 bits per heavy atom. The van der Waals surface area contributed by atoms with E-state index in [-0.39, 0.29) is 5.95 Å². The zero-order valence-corrected chi connectivity index (χ0v) is 13.5. The fourth-order valence-electron chi connectivity index (χ4n) is 2.92. The lowest BCUT2D eigenvalue weighted by atomic mass is 9.99. The number of anilines is 2. The van der Waals surface area contributed by atoms with Crippen LogP contribution in [0.25, 0.3) is 33.2 Å². The van der Waals surface area contributed by atoms with Gasteiger partial charge in [-0.15, -0.1) is 0 Å². The molecule has 122 valence electrons. The number of nitrogens with two attached hydrogens (primary N) is 2. The van der Waals surface area contributed by atoms with E-state index in [0.29, 0.717) is 5.82 Å². The van der Waals surface area contributed by atoms with Crippen LogP contribution >= 0.6 is 0 Å². The van der Waals surface area contributed by atoms with E-state index < -0.39 is 0 Å². The van der Waals surface area contributed by atoms with Gasteiger partial charge in [-0.2, -0.15) is 4.98 Å². The maximum Gasteiger partial charge on any atom is 0.222 e. The highest BCUT2D eigenvalue weighted by Gasteiger charge is 2.07. The molecule has 1 heterocycles. The molecule has 0 saturated carbocycles. The summed E-state index contributed by atoms with van der Waals surface area (Å²) in [5, 5.41) is 0.835. The highest BCUT2D eigenvalue weighted by Crippen LogP contribution is 2.29. The Kier molecular flexibility index (Phi) is 3.76. The summed E-state index contributed by atoms with van der Waals surface area (Å²) < 4.78 is 0. The number of benzene rings is 3. The lowest BCUT2D eigenvalue weighted by Crippen LogP contribution is -2.11. The van der Waals surface area contributed by atoms with Crippen LogP contribution in [0, 0.1) is 0 Å². The summed E-state index contributed by atoms with van der Waals surface area (Å²) in [6.45, 7) is 0. The number of hydrazine groups is 1. The van der Waals surface area contributed by atoms with Crippen LogP contribution in [-0.4, -0.2) is 9.97 Å². The van der Waals surface area contributed by atoms with Gasteiger partial charge in [0.05, 0.1) is 5.52 Å². The second-order valence-electron chi connectivity index (χ2n) is 5.75. The fraction of sp³-hybridized carbons (Fsp3) is 0. The van der Waals surface area contributed by atoms with Crippen molar-refractivity contribution < 1.29 is 0 Å². The molecule has 4 rings (SSSR count). The van der Waals surface area contributed by atoms with Crippen LogP contribution in [0.2, 0.25) is 0 Å². The highest BCUT2D eigenvalue weighted by atomic mass is 15.3. The molecule has 1 aromatic heterocycles. The lowest BCUT2D eigenvalue weighted by molar-refractivity contribution is 1.19. The Bertz CT molecular complexity index is 1030. The third kappa shape index (κ3) is 2.88. The first kappa shape index (κ1) is 15.1. The van der Waals surface area contributed by atoms with Gasteiger partial charge in [-0.1, -0.05) is 60.7 Å². The van der Waals surface area contributed by atoms with Crippen molar-refractivity contribution in [2.45, 2.75) is 0 Å². The van der Waals surface area contributed by atoms with Crippen LogP contribution in [0.3, 0.4) is 0 Å². The van der Waals surface area contributed by atoms with E-state index in [2.05, 4.69) is 51.8 Å². The fourth-order valence-corrected chi connectivity index (χ4v) is 2.92. The molecule has 0 bridgehead atoms. The first-order chi connectivity index (χ1) is 12.2. The first-order valence-electron chi connectivity index (χ1n) is 7.94. The first-order valence-corrected chi connectivity index (χ1v) is 7.94. The molecule has 5 heteroatoms. The maximum atomic E-state index is 5.70. The number of aromatic nitrogens is 2. The van der Waals surface area contributed by atoms with Gasteiger partial charge in [-0.25, -0.2) is 10.8 Å². The van der Waals surface area contributed by atoms with Crippen LogP contribution in [-0.2, 0) is 0 Å². The van der Waals surface area contributed by atoms with Crippen molar-refractivity contribution in [2.75, 3.05) is 11.2 Å². The third-order valence-corrected chi connectivity index (χ3v) is 4.18. The minimum absolute atomic E-state index is 0.195. The second-order valence-corrected chi connectivity index (χ2v) is 5.75. The number of fused-ring (bicyclic) bond motifs is 1. The van der Waals surface area contributed by atoms with Crippen LogP contribution in [0.15, 0.2) is 72.8 Å². The molecule has 5 nitrogen and oxygen atoms in total. The smallest absolute Gasteiger partial charge is 0.222 e. The van der Waals surface area contributed by atoms with E-state index in [1.54, 1.807) is 0 Å². The van der Waals surface area contributed by atoms with Gasteiger partial charge in [0.15, 0.2) is 5.82 Å². The Labute approximate surface area is 145 Å². The van der Waals surface area contributed by atoms with Crippen LogP contribution in [0.4, 0.5) is 11.8 Å². The van der Waals surface area contributed by atoms with Crippen molar-refractivity contribution in [3.63, 3.8) is 0 Å². The molecular weight excluding hydrogens is 310 g/mol. The largest absolute Gasteiger partial charge is 0.368 e. The van der Waals surface area contributed by atoms with E-state index in [9.17, 15) is 0 Å². The van der Waals surface area contributed by atoms with Gasteiger partial charge < -0.3 is 11.2 Å². The predicted octanol–water partition coefficient (Wildman–Crippen LogP) is 3.83. The van der Waals surface area contributed by atoms with E-state index in [0.717, 1.165) is 22.0 Å². The molecule has 0 saturated heterocycles. The van der Waals surface area contributed by atoms with Crippen molar-refractivity contribution in [3.8, 4) is 22.3 Å². The Morgan fingerprint density at radius 1 is 0.680 bits per heavy atom. The summed E-state index contributed by atoms with van der Waals surface area (Å²) in [6, 6.07) is 24.7. The van der Waals surface area contributed by atoms with E-state index in [1.165, 1.54) is 11.1 Å². The average Bonchev–Trinajstić information content (AvgIpc) is 2.68. The van der Waals surface area contributed by atoms with Crippen LogP contribution in [0.1, 0.15) is 0 Å². The van der Waals surface area contributed by atoms with E-state index >= 15 is 0 Å². The molecule has 0 aliphatic rings. The summed E-state index contributed by atoms with van der Waals surface area (Å²) in [6.07, 6.45) is 0. The van der Waals surface area contributed by atoms with Crippen LogP contribution < -0.4 is 17.0 Å². The summed E-state index contributed by atoms with van der Waals surface area (Å²) in [7, 11) is 0. The molecule has 4 aromatic rings. The monoisotopic (exact) mass is 327 g/mol. The van der Waals surface area contributed by atoms with Gasteiger partial charge in [-0.3, -0.25) is 0 Å². The molecule has 0 radical (unpaired) electrons. The van der Waals surface area contributed by atoms with Crippen molar-refractivity contribution in [1.82, 2.24) is 9.97 Å². The van der Waals surface area contributed by atoms with Crippen molar-refractivity contribution in [3.05, 3.63) is 72.8 Å². The average molecular weight is 327 g/mol. The quantitative estimate of drug-likeness (QED) is 0.393. The minimum Gasteiger partial charge on any atom is -0.368 e. The summed E-state index contributed by atoms with van der Waals surface area (Å²) >= 11 is 0. The third-order valence-electron chi connectivity index (χ3n) is 4.18. The van der Waals surface area contributed by atoms with Crippen LogP contribution in [0.5, 0.6) is 0 Å². The van der Waals surface area contributed by atoms with Gasteiger partial charge >= 0.3 is 0 Å². The highest BCUT2D eigenvalue weighted by molar-refractivity contribution is 5.93. The number of hydrogen-bond acceptors (Lipinski definition) is 5. The maximum absolute atomic E-state index is 5.70. The molecule has 0 aliphatic carbocycles. The van der Waals surface area contributed by atoms with Crippen molar-refractivity contribution >= 4 is 22.7 Å². The molecule has 0 atom stereocenters. The molecular formula is C20H17N5. The van der Waals surface area contributed by atoms with Crippen molar-refractivity contribution in [2.24, 2.45) is 5.84 Å². The summed E-state index contributed by atoms with van der Waals surface area (Å²) in [5.41, 5.74) is 13.6. The second kappa shape index (κ2) is 6.22. The summed E-state index contributed by atoms with van der Waals surface area (Å²) in [5.74, 6) is 6.28. The molecule has 0 spiro atoms. The predicted molar refractivity (Wildman–Crippen MR) is 103 cm³/mol. The van der Waals surface area contributed by atoms with Crippen molar-refractivity contribution in [1.29, 1.82) is 0 Å². The number of nitrogen functional groups attached to an aromatic ring is 2. The molecule has 0 amide bonds. The Balaban J connectivity index is 1.76. The normalized spacial score (nSPS) is 10.8.